The summed E-state index contributed by atoms with van der Waals surface area (Å²) in [6.45, 7) is 5.26. The van der Waals surface area contributed by atoms with Crippen molar-refractivity contribution in [3.63, 3.8) is 0 Å². The normalized spacial score (nSPS) is 16.9. The van der Waals surface area contributed by atoms with Crippen LogP contribution in [0.15, 0.2) is 24.5 Å². The fourth-order valence-corrected chi connectivity index (χ4v) is 2.54. The molecule has 1 atom stereocenters. The van der Waals surface area contributed by atoms with Gasteiger partial charge < -0.3 is 15.0 Å². The number of piperidine rings is 1. The van der Waals surface area contributed by atoms with Crippen LogP contribution < -0.4 is 10.1 Å². The highest BCUT2D eigenvalue weighted by atomic mass is 16.5. The summed E-state index contributed by atoms with van der Waals surface area (Å²) >= 11 is 0. The lowest BCUT2D eigenvalue weighted by atomic mass is 9.96. The van der Waals surface area contributed by atoms with E-state index in [9.17, 15) is 9.59 Å². The van der Waals surface area contributed by atoms with E-state index in [1.807, 2.05) is 19.1 Å². The second-order valence-electron chi connectivity index (χ2n) is 5.64. The zero-order chi connectivity index (χ0) is 15.9. The van der Waals surface area contributed by atoms with E-state index in [1.165, 1.54) is 0 Å². The molecule has 22 heavy (non-hydrogen) atoms. The van der Waals surface area contributed by atoms with Crippen LogP contribution in [-0.4, -0.2) is 47.4 Å². The first kappa shape index (κ1) is 16.3. The molecule has 1 unspecified atom stereocenters. The van der Waals surface area contributed by atoms with Crippen molar-refractivity contribution in [3.8, 4) is 5.75 Å². The molecule has 0 aromatic carbocycles. The number of rotatable bonds is 5. The van der Waals surface area contributed by atoms with E-state index in [4.69, 9.17) is 4.74 Å². The van der Waals surface area contributed by atoms with Crippen LogP contribution in [0.25, 0.3) is 0 Å². The highest BCUT2D eigenvalue weighted by molar-refractivity contribution is 5.79. The second kappa shape index (κ2) is 7.77. The Kier molecular flexibility index (Phi) is 5.75. The van der Waals surface area contributed by atoms with Gasteiger partial charge in [-0.15, -0.1) is 0 Å². The number of aromatic nitrogens is 1. The van der Waals surface area contributed by atoms with Crippen LogP contribution in [-0.2, 0) is 9.59 Å². The topological polar surface area (TPSA) is 71.5 Å². The molecule has 0 aliphatic carbocycles. The molecule has 0 bridgehead atoms. The summed E-state index contributed by atoms with van der Waals surface area (Å²) in [7, 11) is 0. The average molecular weight is 305 g/mol. The summed E-state index contributed by atoms with van der Waals surface area (Å²) in [4.78, 5) is 29.2. The van der Waals surface area contributed by atoms with Crippen LogP contribution in [0.1, 0.15) is 26.7 Å². The van der Waals surface area contributed by atoms with Gasteiger partial charge in [0.25, 0.3) is 0 Å². The summed E-state index contributed by atoms with van der Waals surface area (Å²) in [6, 6.07) is 3.65. The van der Waals surface area contributed by atoms with Crippen molar-refractivity contribution < 1.29 is 14.3 Å². The quantitative estimate of drug-likeness (QED) is 0.888. The van der Waals surface area contributed by atoms with Crippen molar-refractivity contribution in [3.05, 3.63) is 24.5 Å². The first-order chi connectivity index (χ1) is 10.6. The minimum atomic E-state index is -0.120. The molecule has 1 aromatic rings. The molecule has 120 valence electrons. The minimum absolute atomic E-state index is 0.0128. The number of nitrogens with zero attached hydrogens (tertiary/aromatic N) is 2. The molecule has 1 aromatic heterocycles. The molecule has 1 N–H and O–H groups in total. The van der Waals surface area contributed by atoms with E-state index < -0.39 is 0 Å². The third-order valence-corrected chi connectivity index (χ3v) is 3.85. The summed E-state index contributed by atoms with van der Waals surface area (Å²) < 4.78 is 5.67. The third-order valence-electron chi connectivity index (χ3n) is 3.85. The number of carbonyl (C=O) groups excluding carboxylic acids is 2. The van der Waals surface area contributed by atoms with Crippen molar-refractivity contribution in [2.45, 2.75) is 32.8 Å². The SMILES string of the molecule is CC(=O)N1CCC(C(=O)NCC(C)Oc2cccnc2)CC1. The van der Waals surface area contributed by atoms with Gasteiger partial charge in [0.05, 0.1) is 12.7 Å². The van der Waals surface area contributed by atoms with Gasteiger partial charge in [0.15, 0.2) is 0 Å². The highest BCUT2D eigenvalue weighted by Crippen LogP contribution is 2.17. The van der Waals surface area contributed by atoms with Gasteiger partial charge >= 0.3 is 0 Å². The number of pyridine rings is 1. The maximum Gasteiger partial charge on any atom is 0.223 e. The predicted molar refractivity (Wildman–Crippen MR) is 82.3 cm³/mol. The second-order valence-corrected chi connectivity index (χ2v) is 5.64. The monoisotopic (exact) mass is 305 g/mol. The molecule has 1 fully saturated rings. The Labute approximate surface area is 130 Å². The van der Waals surface area contributed by atoms with Gasteiger partial charge in [0.2, 0.25) is 11.8 Å². The molecular weight excluding hydrogens is 282 g/mol. The van der Waals surface area contributed by atoms with Crippen LogP contribution in [0.3, 0.4) is 0 Å². The lowest BCUT2D eigenvalue weighted by molar-refractivity contribution is -0.134. The van der Waals surface area contributed by atoms with Gasteiger partial charge in [-0.2, -0.15) is 0 Å². The number of nitrogens with one attached hydrogen (secondary N) is 1. The number of hydrogen-bond acceptors (Lipinski definition) is 4. The summed E-state index contributed by atoms with van der Waals surface area (Å²) in [5.74, 6) is 0.808. The Bertz CT molecular complexity index is 499. The molecule has 2 heterocycles. The molecule has 1 aliphatic rings. The zero-order valence-corrected chi connectivity index (χ0v) is 13.1. The van der Waals surface area contributed by atoms with E-state index in [-0.39, 0.29) is 23.8 Å². The number of likely N-dealkylation sites (tertiary alicyclic amines) is 1. The van der Waals surface area contributed by atoms with Crippen molar-refractivity contribution in [1.82, 2.24) is 15.2 Å². The Morgan fingerprint density at radius 1 is 1.45 bits per heavy atom. The fraction of sp³-hybridized carbons (Fsp3) is 0.562. The molecule has 0 spiro atoms. The average Bonchev–Trinajstić information content (AvgIpc) is 2.53. The molecule has 6 heteroatoms. The molecule has 0 radical (unpaired) electrons. The van der Waals surface area contributed by atoms with Crippen molar-refractivity contribution in [1.29, 1.82) is 0 Å². The van der Waals surface area contributed by atoms with E-state index in [1.54, 1.807) is 24.2 Å². The van der Waals surface area contributed by atoms with Gasteiger partial charge in [-0.05, 0) is 31.9 Å². The highest BCUT2D eigenvalue weighted by Gasteiger charge is 2.26. The Balaban J connectivity index is 1.70. The lowest BCUT2D eigenvalue weighted by Gasteiger charge is -2.30. The van der Waals surface area contributed by atoms with E-state index in [0.717, 1.165) is 12.8 Å². The lowest BCUT2D eigenvalue weighted by Crippen LogP contribution is -2.44. The molecule has 6 nitrogen and oxygen atoms in total. The van der Waals surface area contributed by atoms with Gasteiger partial charge in [0.1, 0.15) is 11.9 Å². The van der Waals surface area contributed by atoms with Crippen LogP contribution in [0, 0.1) is 5.92 Å². The van der Waals surface area contributed by atoms with E-state index in [0.29, 0.717) is 25.4 Å². The van der Waals surface area contributed by atoms with Gasteiger partial charge in [-0.3, -0.25) is 14.6 Å². The van der Waals surface area contributed by atoms with Crippen LogP contribution >= 0.6 is 0 Å². The third kappa shape index (κ3) is 4.72. The first-order valence-corrected chi connectivity index (χ1v) is 7.66. The molecule has 1 saturated heterocycles. The molecule has 1 aliphatic heterocycles. The first-order valence-electron chi connectivity index (χ1n) is 7.66. The smallest absolute Gasteiger partial charge is 0.223 e. The van der Waals surface area contributed by atoms with Crippen molar-refractivity contribution >= 4 is 11.8 Å². The Hall–Kier alpha value is -2.11. The predicted octanol–water partition coefficient (Wildman–Crippen LogP) is 1.22. The van der Waals surface area contributed by atoms with Crippen molar-refractivity contribution in [2.24, 2.45) is 5.92 Å². The van der Waals surface area contributed by atoms with Gasteiger partial charge in [-0.1, -0.05) is 0 Å². The standard InChI is InChI=1S/C16H23N3O3/c1-12(22-15-4-3-7-17-11-15)10-18-16(21)14-5-8-19(9-6-14)13(2)20/h3-4,7,11-12,14H,5-6,8-10H2,1-2H3,(H,18,21). The Morgan fingerprint density at radius 3 is 2.77 bits per heavy atom. The van der Waals surface area contributed by atoms with Crippen LogP contribution in [0.5, 0.6) is 5.75 Å². The zero-order valence-electron chi connectivity index (χ0n) is 13.1. The summed E-state index contributed by atoms with van der Waals surface area (Å²) in [5, 5.41) is 2.93. The summed E-state index contributed by atoms with van der Waals surface area (Å²) in [6.07, 6.45) is 4.67. The number of carbonyl (C=O) groups is 2. The van der Waals surface area contributed by atoms with E-state index in [2.05, 4.69) is 10.3 Å². The number of ether oxygens (including phenoxy) is 1. The molecular formula is C16H23N3O3. The molecule has 0 saturated carbocycles. The van der Waals surface area contributed by atoms with Gasteiger partial charge in [-0.25, -0.2) is 0 Å². The number of amides is 2. The van der Waals surface area contributed by atoms with Crippen LogP contribution in [0.4, 0.5) is 0 Å². The fourth-order valence-electron chi connectivity index (χ4n) is 2.54. The number of hydrogen-bond donors (Lipinski definition) is 1. The molecule has 2 amide bonds. The van der Waals surface area contributed by atoms with Crippen LogP contribution in [0.2, 0.25) is 0 Å². The van der Waals surface area contributed by atoms with Gasteiger partial charge in [0, 0.05) is 32.1 Å². The van der Waals surface area contributed by atoms with Crippen molar-refractivity contribution in [2.75, 3.05) is 19.6 Å². The summed E-state index contributed by atoms with van der Waals surface area (Å²) in [5.41, 5.74) is 0. The Morgan fingerprint density at radius 2 is 2.18 bits per heavy atom. The molecule has 2 rings (SSSR count). The largest absolute Gasteiger partial charge is 0.487 e. The maximum absolute atomic E-state index is 12.1. The maximum atomic E-state index is 12.1. The van der Waals surface area contributed by atoms with E-state index >= 15 is 0 Å². The minimum Gasteiger partial charge on any atom is -0.487 e.